The Bertz CT molecular complexity index is 5380. The molecule has 0 bridgehead atoms. The normalized spacial score (nSPS) is 13.3. The molecule has 0 aliphatic heterocycles. The molecule has 0 saturated carbocycles. The van der Waals surface area contributed by atoms with E-state index in [-0.39, 0.29) is 0 Å². The molecule has 3 aliphatic carbocycles. The van der Waals surface area contributed by atoms with Crippen LogP contribution < -0.4 is 19.1 Å². The number of pyridine rings is 6. The molecular formula is C93H63N7O3. The van der Waals surface area contributed by atoms with Gasteiger partial charge in [-0.15, -0.1) is 17.8 Å². The third kappa shape index (κ3) is 9.84. The van der Waals surface area contributed by atoms with E-state index >= 15 is 0 Å². The second-order valence-corrected chi connectivity index (χ2v) is 25.9. The van der Waals surface area contributed by atoms with Gasteiger partial charge in [0.05, 0.1) is 50.4 Å². The van der Waals surface area contributed by atoms with Crippen LogP contribution in [0.5, 0.6) is 17.2 Å². The summed E-state index contributed by atoms with van der Waals surface area (Å²) >= 11 is 0. The van der Waals surface area contributed by atoms with E-state index in [0.717, 1.165) is 168 Å². The molecule has 6 aromatic heterocycles. The molecule has 3 aliphatic rings. The highest BCUT2D eigenvalue weighted by Crippen LogP contribution is 2.59. The average molecular weight is 1330 g/mol. The maximum absolute atomic E-state index is 6.05. The van der Waals surface area contributed by atoms with Crippen LogP contribution in [0.4, 0.5) is 17.1 Å². The Morgan fingerprint density at radius 1 is 0.262 bits per heavy atom. The molecule has 0 amide bonds. The second-order valence-electron chi connectivity index (χ2n) is 25.9. The summed E-state index contributed by atoms with van der Waals surface area (Å²) in [6.45, 7) is 6.44. The van der Waals surface area contributed by atoms with E-state index in [2.05, 4.69) is 241 Å². The minimum atomic E-state index is -0.803. The van der Waals surface area contributed by atoms with Crippen molar-refractivity contribution in [2.24, 2.45) is 0 Å². The summed E-state index contributed by atoms with van der Waals surface area (Å²) in [6, 6.07) is 92.0. The van der Waals surface area contributed by atoms with Gasteiger partial charge in [-0.1, -0.05) is 145 Å². The summed E-state index contributed by atoms with van der Waals surface area (Å²) in [5.74, 6) is 20.2. The van der Waals surface area contributed by atoms with Gasteiger partial charge in [0, 0.05) is 54.2 Å². The van der Waals surface area contributed by atoms with Crippen molar-refractivity contribution >= 4 is 49.4 Å². The summed E-state index contributed by atoms with van der Waals surface area (Å²) < 4.78 is 18.2. The predicted molar refractivity (Wildman–Crippen MR) is 409 cm³/mol. The van der Waals surface area contributed by atoms with Gasteiger partial charge in [-0.2, -0.15) is 0 Å². The lowest BCUT2D eigenvalue weighted by Crippen LogP contribution is -2.29. The van der Waals surface area contributed by atoms with Crippen molar-refractivity contribution in [2.75, 3.05) is 24.7 Å². The summed E-state index contributed by atoms with van der Waals surface area (Å²) in [5, 5.41) is 6.43. The number of hydrogen-bond donors (Lipinski definition) is 0. The van der Waals surface area contributed by atoms with E-state index in [4.69, 9.17) is 44.1 Å². The number of fused-ring (bicyclic) bond motifs is 12. The monoisotopic (exact) mass is 1330 g/mol. The van der Waals surface area contributed by atoms with Crippen molar-refractivity contribution in [3.63, 3.8) is 0 Å². The van der Waals surface area contributed by atoms with Crippen LogP contribution in [0.3, 0.4) is 0 Å². The smallest absolute Gasteiger partial charge is 0.149 e. The Hall–Kier alpha value is -13.5. The van der Waals surface area contributed by atoms with Gasteiger partial charge >= 0.3 is 0 Å². The molecule has 0 atom stereocenters. The first kappa shape index (κ1) is 61.8. The topological polar surface area (TPSA) is 108 Å². The van der Waals surface area contributed by atoms with Gasteiger partial charge in [0.2, 0.25) is 0 Å². The quantitative estimate of drug-likeness (QED) is 0.0921. The minimum Gasteiger partial charge on any atom is -0.481 e. The largest absolute Gasteiger partial charge is 0.481 e. The van der Waals surface area contributed by atoms with Crippen molar-refractivity contribution in [3.8, 4) is 86.9 Å². The lowest BCUT2D eigenvalue weighted by Gasteiger charge is -2.35. The molecular weight excluding hydrogens is 1260 g/mol. The summed E-state index contributed by atoms with van der Waals surface area (Å²) in [6.07, 6.45) is 11.2. The predicted octanol–water partition coefficient (Wildman–Crippen LogP) is 19.3. The van der Waals surface area contributed by atoms with Gasteiger partial charge in [-0.3, -0.25) is 29.9 Å². The SMILES string of the molecule is CC#CCOc1ccc2cc(C3(c4ccc(N(c5ccc(C6(c7ccc8cc(OCC#CC)ccc8c7)c7cccnc7-c7ncccc76)cc5)c5ccc(C6(c7ccc8cc(OCC#CC)ccc8c7)c7cccnc7-c7ncccc76)cc5)cc4)c4cccnc4-c4ncccc43)ccc2c1. The summed E-state index contributed by atoms with van der Waals surface area (Å²) in [7, 11) is 0. The Labute approximate surface area is 597 Å². The lowest BCUT2D eigenvalue weighted by atomic mass is 9.67. The molecule has 0 spiro atoms. The summed E-state index contributed by atoms with van der Waals surface area (Å²) in [4.78, 5) is 32.8. The van der Waals surface area contributed by atoms with Crippen LogP contribution in [-0.4, -0.2) is 49.7 Å². The zero-order chi connectivity index (χ0) is 69.1. The molecule has 488 valence electrons. The van der Waals surface area contributed by atoms with Crippen molar-refractivity contribution in [3.05, 3.63) is 359 Å². The van der Waals surface area contributed by atoms with Crippen molar-refractivity contribution in [2.45, 2.75) is 37.0 Å². The highest BCUT2D eigenvalue weighted by molar-refractivity contribution is 5.93. The number of anilines is 3. The van der Waals surface area contributed by atoms with E-state index in [9.17, 15) is 0 Å². The fraction of sp³-hybridized carbons (Fsp3) is 0.0968. The summed E-state index contributed by atoms with van der Waals surface area (Å²) in [5.41, 5.74) is 18.5. The Kier molecular flexibility index (Phi) is 15.2. The lowest BCUT2D eigenvalue weighted by molar-refractivity contribution is 0.370. The van der Waals surface area contributed by atoms with Gasteiger partial charge in [0.15, 0.2) is 0 Å². The molecule has 0 unspecified atom stereocenters. The van der Waals surface area contributed by atoms with Gasteiger partial charge < -0.3 is 19.1 Å². The second kappa shape index (κ2) is 25.4. The Balaban J connectivity index is 0.816. The van der Waals surface area contributed by atoms with Crippen LogP contribution in [0.25, 0.3) is 66.5 Å². The first-order valence-corrected chi connectivity index (χ1v) is 34.5. The van der Waals surface area contributed by atoms with Crippen LogP contribution in [0, 0.1) is 35.5 Å². The number of ether oxygens (including phenoxy) is 3. The fourth-order valence-corrected chi connectivity index (χ4v) is 16.4. The first-order valence-electron chi connectivity index (χ1n) is 34.5. The Morgan fingerprint density at radius 2 is 0.485 bits per heavy atom. The molecule has 10 heteroatoms. The van der Waals surface area contributed by atoms with Gasteiger partial charge in [-0.05, 0) is 247 Å². The maximum Gasteiger partial charge on any atom is 0.149 e. The standard InChI is InChI=1S/C93H63N7O3/c1-4-7-52-101-76-43-25-61-55-70(28-22-64(61)58-76)91(79-16-10-46-94-85(79)86-80(91)17-11-47-95-86)67-31-37-73(38-32-67)100(74-39-33-68(34-40-74)92(81-18-12-48-96-87(81)88-82(92)19-13-49-97-88)71-29-23-65-59-77(102-53-8-5-2)44-26-62(65)56-71)75-41-35-69(36-42-75)93(83-20-14-50-98-89(83)90-84(93)21-15-51-99-90)72-30-24-66-60-78(103-54-9-6-3)45-27-63(66)57-72/h10-51,55-60H,52-54H2,1-3H3. The molecule has 15 aromatic rings. The first-order chi connectivity index (χ1) is 50.9. The molecule has 0 fully saturated rings. The van der Waals surface area contributed by atoms with Gasteiger partial charge in [0.25, 0.3) is 0 Å². The molecule has 103 heavy (non-hydrogen) atoms. The molecule has 6 heterocycles. The van der Waals surface area contributed by atoms with Gasteiger partial charge in [0.1, 0.15) is 37.1 Å². The van der Waals surface area contributed by atoms with E-state index in [1.165, 1.54) is 0 Å². The van der Waals surface area contributed by atoms with E-state index in [1.807, 2.05) is 113 Å². The number of benzene rings is 9. The number of hydrogen-bond acceptors (Lipinski definition) is 10. The van der Waals surface area contributed by atoms with Crippen LogP contribution in [-0.2, 0) is 16.2 Å². The number of aromatic nitrogens is 6. The number of nitrogens with zero attached hydrogens (tertiary/aromatic N) is 7. The molecule has 10 nitrogen and oxygen atoms in total. The number of rotatable bonds is 15. The average Bonchev–Trinajstić information content (AvgIpc) is 1.58. The van der Waals surface area contributed by atoms with Crippen LogP contribution in [0.1, 0.15) is 87.5 Å². The van der Waals surface area contributed by atoms with Crippen molar-refractivity contribution in [1.82, 2.24) is 29.9 Å². The van der Waals surface area contributed by atoms with Gasteiger partial charge in [-0.25, -0.2) is 0 Å². The van der Waals surface area contributed by atoms with Crippen LogP contribution in [0.2, 0.25) is 0 Å². The molecule has 0 radical (unpaired) electrons. The van der Waals surface area contributed by atoms with Crippen molar-refractivity contribution in [1.29, 1.82) is 0 Å². The molecule has 0 saturated heterocycles. The highest BCUT2D eigenvalue weighted by atomic mass is 16.5. The minimum absolute atomic E-state index is 0.323. The van der Waals surface area contributed by atoms with E-state index < -0.39 is 16.2 Å². The van der Waals surface area contributed by atoms with E-state index in [0.29, 0.717) is 19.8 Å². The molecule has 18 rings (SSSR count). The molecule has 9 aromatic carbocycles. The van der Waals surface area contributed by atoms with Crippen LogP contribution >= 0.6 is 0 Å². The zero-order valence-corrected chi connectivity index (χ0v) is 56.7. The maximum atomic E-state index is 6.05. The zero-order valence-electron chi connectivity index (χ0n) is 56.7. The van der Waals surface area contributed by atoms with Crippen molar-refractivity contribution < 1.29 is 14.2 Å². The third-order valence-electron chi connectivity index (χ3n) is 20.8. The Morgan fingerprint density at radius 3 is 0.728 bits per heavy atom. The van der Waals surface area contributed by atoms with E-state index in [1.54, 1.807) is 0 Å². The molecule has 0 N–H and O–H groups in total. The fourth-order valence-electron chi connectivity index (χ4n) is 16.4. The van der Waals surface area contributed by atoms with Crippen LogP contribution in [0.15, 0.2) is 292 Å². The highest BCUT2D eigenvalue weighted by Gasteiger charge is 2.51. The third-order valence-corrected chi connectivity index (χ3v) is 20.8.